The highest BCUT2D eigenvalue weighted by atomic mass is 35.5. The molecule has 1 aromatic heterocycles. The molecular formula is C14H17ClN2S. The third-order valence-electron chi connectivity index (χ3n) is 3.47. The van der Waals surface area contributed by atoms with Crippen LogP contribution in [0.4, 0.5) is 0 Å². The Morgan fingerprint density at radius 3 is 3.06 bits per heavy atom. The first kappa shape index (κ1) is 12.4. The van der Waals surface area contributed by atoms with Gasteiger partial charge in [0.25, 0.3) is 0 Å². The first-order valence-corrected chi connectivity index (χ1v) is 7.91. The van der Waals surface area contributed by atoms with E-state index in [0.29, 0.717) is 0 Å². The summed E-state index contributed by atoms with van der Waals surface area (Å²) in [6.07, 6.45) is 1.35. The van der Waals surface area contributed by atoms with E-state index in [9.17, 15) is 0 Å². The van der Waals surface area contributed by atoms with E-state index in [4.69, 9.17) is 11.6 Å². The van der Waals surface area contributed by atoms with Crippen LogP contribution in [0.3, 0.4) is 0 Å². The van der Waals surface area contributed by atoms with Gasteiger partial charge in [0.1, 0.15) is 0 Å². The lowest BCUT2D eigenvalue weighted by Crippen LogP contribution is -2.22. The summed E-state index contributed by atoms with van der Waals surface area (Å²) in [5.41, 5.74) is 2.22. The van der Waals surface area contributed by atoms with Crippen molar-refractivity contribution in [1.82, 2.24) is 10.3 Å². The molecule has 1 aromatic carbocycles. The average molecular weight is 281 g/mol. The molecule has 1 aliphatic rings. The van der Waals surface area contributed by atoms with Crippen LogP contribution in [0.1, 0.15) is 12.1 Å². The van der Waals surface area contributed by atoms with Gasteiger partial charge >= 0.3 is 0 Å². The summed E-state index contributed by atoms with van der Waals surface area (Å²) in [5, 5.41) is 5.49. The minimum Gasteiger partial charge on any atom is -0.356 e. The maximum atomic E-state index is 6.38. The molecule has 1 saturated heterocycles. The van der Waals surface area contributed by atoms with Gasteiger partial charge in [-0.3, -0.25) is 0 Å². The van der Waals surface area contributed by atoms with Crippen molar-refractivity contribution in [3.8, 4) is 0 Å². The summed E-state index contributed by atoms with van der Waals surface area (Å²) >= 11 is 8.44. The largest absolute Gasteiger partial charge is 0.356 e. The summed E-state index contributed by atoms with van der Waals surface area (Å²) in [7, 11) is 0. The van der Waals surface area contributed by atoms with Crippen molar-refractivity contribution in [1.29, 1.82) is 0 Å². The van der Waals surface area contributed by atoms with Gasteiger partial charge in [0.2, 0.25) is 0 Å². The number of hydrogen-bond donors (Lipinski definition) is 2. The average Bonchev–Trinajstić information content (AvgIpc) is 3.00. The van der Waals surface area contributed by atoms with Crippen molar-refractivity contribution in [3.63, 3.8) is 0 Å². The second-order valence-corrected chi connectivity index (χ2v) is 6.35. The van der Waals surface area contributed by atoms with Gasteiger partial charge in [-0.2, -0.15) is 11.8 Å². The van der Waals surface area contributed by atoms with Crippen molar-refractivity contribution in [2.75, 3.05) is 18.1 Å². The fraction of sp³-hybridized carbons (Fsp3) is 0.429. The smallest absolute Gasteiger partial charge is 0.0705 e. The normalized spacial score (nSPS) is 19.7. The summed E-state index contributed by atoms with van der Waals surface area (Å²) in [6.45, 7) is 1.92. The minimum absolute atomic E-state index is 0.828. The number of H-pyrrole nitrogens is 1. The van der Waals surface area contributed by atoms with E-state index in [1.807, 2.05) is 12.1 Å². The molecule has 3 rings (SSSR count). The van der Waals surface area contributed by atoms with Gasteiger partial charge in [-0.15, -0.1) is 0 Å². The summed E-state index contributed by atoms with van der Waals surface area (Å²) in [6, 6.07) is 8.18. The molecule has 1 aliphatic heterocycles. The van der Waals surface area contributed by atoms with E-state index in [1.165, 1.54) is 17.9 Å². The number of nitrogens with one attached hydrogen (secondary N) is 2. The van der Waals surface area contributed by atoms with Gasteiger partial charge in [0.05, 0.1) is 5.02 Å². The first-order valence-electron chi connectivity index (χ1n) is 6.38. The molecular weight excluding hydrogens is 264 g/mol. The predicted octanol–water partition coefficient (Wildman–Crippen LogP) is 3.66. The van der Waals surface area contributed by atoms with Gasteiger partial charge < -0.3 is 10.3 Å². The van der Waals surface area contributed by atoms with Crippen molar-refractivity contribution in [2.45, 2.75) is 13.0 Å². The van der Waals surface area contributed by atoms with E-state index >= 15 is 0 Å². The number of rotatable bonds is 4. The molecule has 2 N–H and O–H groups in total. The fourth-order valence-electron chi connectivity index (χ4n) is 2.43. The highest BCUT2D eigenvalue weighted by Gasteiger charge is 2.15. The van der Waals surface area contributed by atoms with Gasteiger partial charge in [0, 0.05) is 23.1 Å². The maximum Gasteiger partial charge on any atom is 0.0705 e. The maximum absolute atomic E-state index is 6.38. The van der Waals surface area contributed by atoms with Crippen molar-refractivity contribution in [2.24, 2.45) is 5.92 Å². The topological polar surface area (TPSA) is 27.8 Å². The molecule has 0 radical (unpaired) electrons. The molecule has 1 fully saturated rings. The van der Waals surface area contributed by atoms with Gasteiger partial charge in [0.15, 0.2) is 0 Å². The fourth-order valence-corrected chi connectivity index (χ4v) is 3.99. The molecule has 0 amide bonds. The standard InChI is InChI=1S/C14H17ClN2S/c15-14-11-3-1-2-4-12(11)17-13(14)8-16-7-10-5-6-18-9-10/h1-4,10,16-17H,5-9H2. The summed E-state index contributed by atoms with van der Waals surface area (Å²) < 4.78 is 0. The Hall–Kier alpha value is -0.640. The van der Waals surface area contributed by atoms with Crippen molar-refractivity contribution >= 4 is 34.3 Å². The number of fused-ring (bicyclic) bond motifs is 1. The number of aromatic nitrogens is 1. The van der Waals surface area contributed by atoms with Crippen LogP contribution < -0.4 is 5.32 Å². The van der Waals surface area contributed by atoms with Crippen LogP contribution in [0.2, 0.25) is 5.02 Å². The molecule has 96 valence electrons. The van der Waals surface area contributed by atoms with Crippen LogP contribution in [0, 0.1) is 5.92 Å². The quantitative estimate of drug-likeness (QED) is 0.894. The monoisotopic (exact) mass is 280 g/mol. The Kier molecular flexibility index (Phi) is 3.83. The molecule has 0 spiro atoms. The number of benzene rings is 1. The lowest BCUT2D eigenvalue weighted by atomic mass is 10.1. The number of thioether (sulfide) groups is 1. The summed E-state index contributed by atoms with van der Waals surface area (Å²) in [4.78, 5) is 3.39. The van der Waals surface area contributed by atoms with Crippen LogP contribution in [0.5, 0.6) is 0 Å². The second kappa shape index (κ2) is 5.55. The zero-order valence-electron chi connectivity index (χ0n) is 10.2. The number of aromatic amines is 1. The Bertz CT molecular complexity index is 532. The van der Waals surface area contributed by atoms with Crippen molar-refractivity contribution < 1.29 is 0 Å². The number of halogens is 1. The Morgan fingerprint density at radius 1 is 1.39 bits per heavy atom. The minimum atomic E-state index is 0.828. The van der Waals surface area contributed by atoms with Gasteiger partial charge in [-0.25, -0.2) is 0 Å². The Morgan fingerprint density at radius 2 is 2.28 bits per heavy atom. The van der Waals surface area contributed by atoms with E-state index in [1.54, 1.807) is 0 Å². The number of hydrogen-bond acceptors (Lipinski definition) is 2. The second-order valence-electron chi connectivity index (χ2n) is 4.82. The lowest BCUT2D eigenvalue weighted by Gasteiger charge is -2.09. The summed E-state index contributed by atoms with van der Waals surface area (Å²) in [5.74, 6) is 3.45. The van der Waals surface area contributed by atoms with Crippen LogP contribution in [-0.4, -0.2) is 23.0 Å². The Labute approximate surface area is 116 Å². The molecule has 18 heavy (non-hydrogen) atoms. The molecule has 0 saturated carbocycles. The molecule has 0 aliphatic carbocycles. The first-order chi connectivity index (χ1) is 8.84. The van der Waals surface area contributed by atoms with E-state index in [-0.39, 0.29) is 0 Å². The lowest BCUT2D eigenvalue weighted by molar-refractivity contribution is 0.521. The Balaban J connectivity index is 1.65. The van der Waals surface area contributed by atoms with Gasteiger partial charge in [-0.05, 0) is 36.5 Å². The van der Waals surface area contributed by atoms with Crippen LogP contribution >= 0.6 is 23.4 Å². The predicted molar refractivity (Wildman–Crippen MR) is 80.4 cm³/mol. The third-order valence-corrected chi connectivity index (χ3v) is 5.14. The van der Waals surface area contributed by atoms with Crippen LogP contribution in [-0.2, 0) is 6.54 Å². The van der Waals surface area contributed by atoms with E-state index in [2.05, 4.69) is 34.2 Å². The molecule has 2 heterocycles. The molecule has 2 aromatic rings. The van der Waals surface area contributed by atoms with Crippen LogP contribution in [0.15, 0.2) is 24.3 Å². The van der Waals surface area contributed by atoms with E-state index in [0.717, 1.165) is 40.6 Å². The molecule has 0 bridgehead atoms. The highest BCUT2D eigenvalue weighted by Crippen LogP contribution is 2.27. The molecule has 1 unspecified atom stereocenters. The molecule has 2 nitrogen and oxygen atoms in total. The van der Waals surface area contributed by atoms with E-state index < -0.39 is 0 Å². The SMILES string of the molecule is Clc1c(CNCC2CCSC2)[nH]c2ccccc12. The van der Waals surface area contributed by atoms with Crippen LogP contribution in [0.25, 0.3) is 10.9 Å². The third kappa shape index (κ3) is 2.53. The van der Waals surface area contributed by atoms with Crippen molar-refractivity contribution in [3.05, 3.63) is 35.0 Å². The molecule has 4 heteroatoms. The zero-order valence-corrected chi connectivity index (χ0v) is 11.8. The zero-order chi connectivity index (χ0) is 12.4. The van der Waals surface area contributed by atoms with Gasteiger partial charge in [-0.1, -0.05) is 29.8 Å². The highest BCUT2D eigenvalue weighted by molar-refractivity contribution is 7.99. The number of para-hydroxylation sites is 1. The molecule has 1 atom stereocenters.